The maximum absolute atomic E-state index is 13.1. The fourth-order valence-corrected chi connectivity index (χ4v) is 3.67. The van der Waals surface area contributed by atoms with Crippen molar-refractivity contribution in [3.8, 4) is 22.7 Å². The molecule has 2 aromatic heterocycles. The second kappa shape index (κ2) is 6.91. The molecule has 5 rings (SSSR count). The van der Waals surface area contributed by atoms with Crippen LogP contribution in [0.3, 0.4) is 0 Å². The SMILES string of the molecule is COc1ccccc1-c1nccc2c1CN(c1ccn(-c3ccccc3)n1)C2=O. The van der Waals surface area contributed by atoms with Gasteiger partial charge in [0.1, 0.15) is 5.75 Å². The number of benzene rings is 2. The van der Waals surface area contributed by atoms with Crippen molar-refractivity contribution in [3.63, 3.8) is 0 Å². The van der Waals surface area contributed by atoms with Gasteiger partial charge in [-0.2, -0.15) is 0 Å². The number of rotatable bonds is 4. The standard InChI is InChI=1S/C23H18N4O2/c1-29-20-10-6-5-9-18(20)22-19-15-26(23(28)17(19)11-13-24-22)21-12-14-27(25-21)16-7-3-2-4-8-16/h2-14H,15H2,1H3. The van der Waals surface area contributed by atoms with Crippen LogP contribution in [0.4, 0.5) is 5.82 Å². The number of amides is 1. The summed E-state index contributed by atoms with van der Waals surface area (Å²) < 4.78 is 7.26. The van der Waals surface area contributed by atoms with Gasteiger partial charge in [-0.1, -0.05) is 30.3 Å². The first-order valence-corrected chi connectivity index (χ1v) is 9.30. The summed E-state index contributed by atoms with van der Waals surface area (Å²) in [5.41, 5.74) is 4.11. The Morgan fingerprint density at radius 3 is 2.55 bits per heavy atom. The smallest absolute Gasteiger partial charge is 0.260 e. The monoisotopic (exact) mass is 382 g/mol. The Kier molecular flexibility index (Phi) is 4.09. The molecule has 0 fully saturated rings. The zero-order valence-electron chi connectivity index (χ0n) is 15.8. The fourth-order valence-electron chi connectivity index (χ4n) is 3.67. The zero-order valence-corrected chi connectivity index (χ0v) is 15.8. The highest BCUT2D eigenvalue weighted by atomic mass is 16.5. The Bertz CT molecular complexity index is 1200. The molecule has 0 saturated heterocycles. The summed E-state index contributed by atoms with van der Waals surface area (Å²) in [6.07, 6.45) is 3.53. The molecular formula is C23H18N4O2. The van der Waals surface area contributed by atoms with E-state index in [0.29, 0.717) is 17.9 Å². The molecule has 0 radical (unpaired) electrons. The van der Waals surface area contributed by atoms with Crippen molar-refractivity contribution >= 4 is 11.7 Å². The van der Waals surface area contributed by atoms with Gasteiger partial charge in [-0.15, -0.1) is 5.10 Å². The molecule has 2 aromatic carbocycles. The normalized spacial score (nSPS) is 12.9. The van der Waals surface area contributed by atoms with Crippen LogP contribution in [0, 0.1) is 0 Å². The Hall–Kier alpha value is -3.93. The molecule has 1 aliphatic rings. The molecule has 1 amide bonds. The molecule has 0 atom stereocenters. The van der Waals surface area contributed by atoms with Crippen LogP contribution < -0.4 is 9.64 Å². The average Bonchev–Trinajstić information content (AvgIpc) is 3.39. The molecule has 4 aromatic rings. The number of aromatic nitrogens is 3. The van der Waals surface area contributed by atoms with Crippen LogP contribution in [0.2, 0.25) is 0 Å². The van der Waals surface area contributed by atoms with Gasteiger partial charge in [0.25, 0.3) is 5.91 Å². The van der Waals surface area contributed by atoms with Crippen LogP contribution in [-0.4, -0.2) is 27.8 Å². The molecule has 0 N–H and O–H groups in total. The largest absolute Gasteiger partial charge is 0.496 e. The van der Waals surface area contributed by atoms with Gasteiger partial charge in [0.05, 0.1) is 25.0 Å². The van der Waals surface area contributed by atoms with Crippen molar-refractivity contribution in [2.24, 2.45) is 0 Å². The van der Waals surface area contributed by atoms with E-state index < -0.39 is 0 Å². The third kappa shape index (κ3) is 2.86. The first-order valence-electron chi connectivity index (χ1n) is 9.30. The van der Waals surface area contributed by atoms with E-state index in [2.05, 4.69) is 10.1 Å². The number of carbonyl (C=O) groups excluding carboxylic acids is 1. The van der Waals surface area contributed by atoms with E-state index in [0.717, 1.165) is 28.3 Å². The van der Waals surface area contributed by atoms with E-state index in [1.807, 2.05) is 66.9 Å². The first-order chi connectivity index (χ1) is 14.3. The summed E-state index contributed by atoms with van der Waals surface area (Å²) in [6.45, 7) is 0.418. The number of ether oxygens (including phenoxy) is 1. The third-order valence-electron chi connectivity index (χ3n) is 5.08. The van der Waals surface area contributed by atoms with Crippen LogP contribution in [0.15, 0.2) is 79.1 Å². The fraction of sp³-hybridized carbons (Fsp3) is 0.0870. The van der Waals surface area contributed by atoms with Gasteiger partial charge < -0.3 is 4.74 Å². The number of hydrogen-bond donors (Lipinski definition) is 0. The number of hydrogen-bond acceptors (Lipinski definition) is 4. The van der Waals surface area contributed by atoms with Crippen molar-refractivity contribution in [3.05, 3.63) is 90.3 Å². The van der Waals surface area contributed by atoms with Crippen molar-refractivity contribution in [1.29, 1.82) is 0 Å². The Morgan fingerprint density at radius 2 is 1.72 bits per heavy atom. The number of methoxy groups -OCH3 is 1. The van der Waals surface area contributed by atoms with E-state index in [1.165, 1.54) is 0 Å². The number of pyridine rings is 1. The van der Waals surface area contributed by atoms with Crippen LogP contribution >= 0.6 is 0 Å². The predicted octanol–water partition coefficient (Wildman–Crippen LogP) is 4.10. The minimum absolute atomic E-state index is 0.0724. The zero-order chi connectivity index (χ0) is 19.8. The Balaban J connectivity index is 1.53. The van der Waals surface area contributed by atoms with Crippen molar-refractivity contribution in [2.45, 2.75) is 6.54 Å². The van der Waals surface area contributed by atoms with Gasteiger partial charge in [0.15, 0.2) is 5.82 Å². The van der Waals surface area contributed by atoms with Crippen LogP contribution in [-0.2, 0) is 6.54 Å². The Morgan fingerprint density at radius 1 is 0.931 bits per heavy atom. The summed E-state index contributed by atoms with van der Waals surface area (Å²) in [6, 6.07) is 21.2. The highest BCUT2D eigenvalue weighted by Gasteiger charge is 2.33. The lowest BCUT2D eigenvalue weighted by Crippen LogP contribution is -2.23. The number of fused-ring (bicyclic) bond motifs is 1. The predicted molar refractivity (Wildman–Crippen MR) is 110 cm³/mol. The van der Waals surface area contributed by atoms with Gasteiger partial charge in [0, 0.05) is 35.2 Å². The quantitative estimate of drug-likeness (QED) is 0.533. The highest BCUT2D eigenvalue weighted by Crippen LogP contribution is 2.36. The summed E-state index contributed by atoms with van der Waals surface area (Å²) in [5, 5.41) is 4.61. The average molecular weight is 382 g/mol. The van der Waals surface area contributed by atoms with Crippen LogP contribution in [0.25, 0.3) is 16.9 Å². The van der Waals surface area contributed by atoms with Gasteiger partial charge in [-0.3, -0.25) is 14.7 Å². The molecule has 0 bridgehead atoms. The van der Waals surface area contributed by atoms with Gasteiger partial charge in [-0.05, 0) is 30.3 Å². The molecule has 29 heavy (non-hydrogen) atoms. The lowest BCUT2D eigenvalue weighted by atomic mass is 10.0. The van der Waals surface area contributed by atoms with Crippen LogP contribution in [0.1, 0.15) is 15.9 Å². The molecule has 6 heteroatoms. The second-order valence-corrected chi connectivity index (χ2v) is 6.73. The summed E-state index contributed by atoms with van der Waals surface area (Å²) in [7, 11) is 1.63. The highest BCUT2D eigenvalue weighted by molar-refractivity contribution is 6.10. The summed E-state index contributed by atoms with van der Waals surface area (Å²) >= 11 is 0. The number of carbonyl (C=O) groups is 1. The number of nitrogens with zero attached hydrogens (tertiary/aromatic N) is 4. The van der Waals surface area contributed by atoms with E-state index in [-0.39, 0.29) is 5.91 Å². The minimum Gasteiger partial charge on any atom is -0.496 e. The van der Waals surface area contributed by atoms with E-state index in [4.69, 9.17) is 4.74 Å². The lowest BCUT2D eigenvalue weighted by molar-refractivity contribution is 0.0996. The molecule has 0 unspecified atom stereocenters. The van der Waals surface area contributed by atoms with Gasteiger partial charge in [-0.25, -0.2) is 4.68 Å². The van der Waals surface area contributed by atoms with Gasteiger partial charge in [0.2, 0.25) is 0 Å². The molecule has 142 valence electrons. The van der Waals surface area contributed by atoms with Crippen molar-refractivity contribution < 1.29 is 9.53 Å². The molecule has 1 aliphatic heterocycles. The van der Waals surface area contributed by atoms with E-state index in [1.54, 1.807) is 29.0 Å². The maximum atomic E-state index is 13.1. The van der Waals surface area contributed by atoms with Crippen molar-refractivity contribution in [1.82, 2.24) is 14.8 Å². The van der Waals surface area contributed by atoms with E-state index >= 15 is 0 Å². The topological polar surface area (TPSA) is 60.2 Å². The maximum Gasteiger partial charge on any atom is 0.260 e. The van der Waals surface area contributed by atoms with Crippen LogP contribution in [0.5, 0.6) is 5.75 Å². The molecular weight excluding hydrogens is 364 g/mol. The summed E-state index contributed by atoms with van der Waals surface area (Å²) in [4.78, 5) is 19.3. The second-order valence-electron chi connectivity index (χ2n) is 6.73. The lowest BCUT2D eigenvalue weighted by Gasteiger charge is -2.13. The molecule has 0 aliphatic carbocycles. The number of anilines is 1. The molecule has 0 saturated carbocycles. The summed E-state index contributed by atoms with van der Waals surface area (Å²) in [5.74, 6) is 1.27. The number of para-hydroxylation sites is 2. The van der Waals surface area contributed by atoms with E-state index in [9.17, 15) is 4.79 Å². The van der Waals surface area contributed by atoms with Gasteiger partial charge >= 0.3 is 0 Å². The molecule has 6 nitrogen and oxygen atoms in total. The first kappa shape index (κ1) is 17.2. The minimum atomic E-state index is -0.0724. The Labute approximate surface area is 168 Å². The third-order valence-corrected chi connectivity index (χ3v) is 5.08. The molecule has 0 spiro atoms. The van der Waals surface area contributed by atoms with Crippen molar-refractivity contribution in [2.75, 3.05) is 12.0 Å². The molecule has 3 heterocycles.